The van der Waals surface area contributed by atoms with E-state index in [0.29, 0.717) is 45.9 Å². The molecule has 2 atom stereocenters. The summed E-state index contributed by atoms with van der Waals surface area (Å²) >= 11 is 8.00. The second-order valence-electron chi connectivity index (χ2n) is 10.8. The van der Waals surface area contributed by atoms with Crippen molar-refractivity contribution in [3.63, 3.8) is 0 Å². The minimum absolute atomic E-state index is 0.0369. The summed E-state index contributed by atoms with van der Waals surface area (Å²) < 4.78 is 23.9. The Kier molecular flexibility index (Phi) is 6.19. The molecule has 43 heavy (non-hydrogen) atoms. The number of nitriles is 1. The van der Waals surface area contributed by atoms with Crippen LogP contribution in [0.1, 0.15) is 47.4 Å². The maximum Gasteiger partial charge on any atom is 0.346 e. The topological polar surface area (TPSA) is 147 Å². The lowest BCUT2D eigenvalue weighted by Crippen LogP contribution is -2.57. The number of fused-ring (bicyclic) bond motifs is 4. The number of anilines is 1. The van der Waals surface area contributed by atoms with Gasteiger partial charge in [0, 0.05) is 28.6 Å². The summed E-state index contributed by atoms with van der Waals surface area (Å²) in [5.74, 6) is -1.65. The number of hydrogen-bond donors (Lipinski definition) is 1. The van der Waals surface area contributed by atoms with Gasteiger partial charge in [0.15, 0.2) is 5.75 Å². The minimum atomic E-state index is -0.963. The van der Waals surface area contributed by atoms with Crippen molar-refractivity contribution in [3.8, 4) is 22.9 Å². The van der Waals surface area contributed by atoms with E-state index < -0.39 is 35.2 Å². The Morgan fingerprint density at radius 3 is 2.88 bits per heavy atom. The summed E-state index contributed by atoms with van der Waals surface area (Å²) in [6, 6.07) is 7.09. The van der Waals surface area contributed by atoms with Crippen molar-refractivity contribution in [1.82, 2.24) is 24.6 Å². The van der Waals surface area contributed by atoms with Crippen LogP contribution in [0.15, 0.2) is 30.6 Å². The second kappa shape index (κ2) is 9.75. The number of nitrogen functional groups attached to an aromatic ring is 1. The molecule has 0 aliphatic carbocycles. The quantitative estimate of drug-likeness (QED) is 0.300. The molecule has 5 heterocycles. The van der Waals surface area contributed by atoms with Crippen molar-refractivity contribution in [2.24, 2.45) is 0 Å². The highest BCUT2D eigenvalue weighted by molar-refractivity contribution is 7.23. The van der Waals surface area contributed by atoms with Crippen LogP contribution >= 0.6 is 22.9 Å². The SMILES string of the molecule is Cc1ncn(C(=O)N2CCCC23CC(=O)N2C(=O)c4cc(F)c(-c5cccc6sc(N)c(C#N)c56)c(Cl)c4OCCC23)n1. The molecule has 3 aliphatic rings. The van der Waals surface area contributed by atoms with Gasteiger partial charge in [-0.3, -0.25) is 14.5 Å². The lowest BCUT2D eigenvalue weighted by Gasteiger charge is -2.41. The fraction of sp³-hybridized carbons (Fsp3) is 0.310. The summed E-state index contributed by atoms with van der Waals surface area (Å²) in [4.78, 5) is 47.9. The molecule has 3 amide bonds. The lowest BCUT2D eigenvalue weighted by molar-refractivity contribution is -0.126. The van der Waals surface area contributed by atoms with Crippen molar-refractivity contribution in [2.75, 3.05) is 18.9 Å². The Bertz CT molecular complexity index is 1930. The fourth-order valence-corrected chi connectivity index (χ4v) is 8.14. The molecule has 2 aromatic carbocycles. The fourth-order valence-electron chi connectivity index (χ4n) is 6.85. The number of carbonyl (C=O) groups is 3. The van der Waals surface area contributed by atoms with E-state index in [0.717, 1.165) is 15.6 Å². The molecule has 0 saturated carbocycles. The average molecular weight is 620 g/mol. The average Bonchev–Trinajstić information content (AvgIpc) is 3.73. The summed E-state index contributed by atoms with van der Waals surface area (Å²) in [5.41, 5.74) is 5.41. The molecule has 218 valence electrons. The molecule has 2 aromatic heterocycles. The van der Waals surface area contributed by atoms with Crippen LogP contribution in [-0.2, 0) is 4.79 Å². The van der Waals surface area contributed by atoms with Crippen molar-refractivity contribution in [2.45, 2.75) is 44.2 Å². The number of amides is 3. The van der Waals surface area contributed by atoms with Gasteiger partial charge >= 0.3 is 6.03 Å². The highest BCUT2D eigenvalue weighted by atomic mass is 35.5. The van der Waals surface area contributed by atoms with Crippen LogP contribution < -0.4 is 10.5 Å². The number of aromatic nitrogens is 3. The molecule has 7 rings (SSSR count). The number of likely N-dealkylation sites (tertiary alicyclic amines) is 1. The number of aryl methyl sites for hydroxylation is 1. The van der Waals surface area contributed by atoms with Crippen LogP contribution in [0.4, 0.5) is 14.2 Å². The third-order valence-electron chi connectivity index (χ3n) is 8.60. The van der Waals surface area contributed by atoms with Crippen LogP contribution in [0.25, 0.3) is 21.2 Å². The normalized spacial score (nSPS) is 21.5. The molecule has 1 spiro atoms. The highest BCUT2D eigenvalue weighted by Gasteiger charge is 2.60. The van der Waals surface area contributed by atoms with Gasteiger partial charge < -0.3 is 15.4 Å². The zero-order valence-electron chi connectivity index (χ0n) is 22.8. The van der Waals surface area contributed by atoms with E-state index in [1.54, 1.807) is 30.0 Å². The van der Waals surface area contributed by atoms with E-state index >= 15 is 4.39 Å². The van der Waals surface area contributed by atoms with Crippen molar-refractivity contribution in [3.05, 3.63) is 58.4 Å². The summed E-state index contributed by atoms with van der Waals surface area (Å²) in [6.45, 7) is 2.10. The first kappa shape index (κ1) is 27.3. The molecule has 2 unspecified atom stereocenters. The number of nitrogens with two attached hydrogens (primary N) is 1. The lowest BCUT2D eigenvalue weighted by atomic mass is 9.85. The Morgan fingerprint density at radius 2 is 2.14 bits per heavy atom. The molecule has 2 N–H and O–H groups in total. The summed E-state index contributed by atoms with van der Waals surface area (Å²) in [5, 5.41) is 14.5. The number of halogens is 2. The highest BCUT2D eigenvalue weighted by Crippen LogP contribution is 2.49. The maximum atomic E-state index is 16.0. The standard InChI is InChI=1S/C29H23ClFN7O4S/c1-14-34-13-37(35-14)28(41)36-8-3-7-29(36)11-21(39)38-20(29)6-9-42-25-16(27(38)40)10-18(31)23(24(25)30)15-4-2-5-19-22(15)17(12-32)26(33)43-19/h2,4-5,10,13,20H,3,6-9,11,33H2,1H3. The van der Waals surface area contributed by atoms with Gasteiger partial charge in [0.1, 0.15) is 29.0 Å². The van der Waals surface area contributed by atoms with Crippen LogP contribution in [0.5, 0.6) is 5.75 Å². The zero-order valence-corrected chi connectivity index (χ0v) is 24.3. The molecule has 0 radical (unpaired) electrons. The first-order valence-corrected chi connectivity index (χ1v) is 14.8. The Balaban J connectivity index is 1.31. The predicted molar refractivity (Wildman–Crippen MR) is 155 cm³/mol. The van der Waals surface area contributed by atoms with Crippen LogP contribution in [0, 0.1) is 24.1 Å². The number of rotatable bonds is 1. The van der Waals surface area contributed by atoms with Gasteiger partial charge in [-0.05, 0) is 37.5 Å². The van der Waals surface area contributed by atoms with Gasteiger partial charge in [0.25, 0.3) is 5.91 Å². The Labute approximate surface area is 253 Å². The number of hydrogen-bond acceptors (Lipinski definition) is 9. The molecule has 2 fully saturated rings. The third-order valence-corrected chi connectivity index (χ3v) is 9.95. The maximum absolute atomic E-state index is 16.0. The number of carbonyl (C=O) groups excluding carboxylic acids is 3. The van der Waals surface area contributed by atoms with Crippen molar-refractivity contribution >= 4 is 55.9 Å². The number of imide groups is 1. The smallest absolute Gasteiger partial charge is 0.346 e. The van der Waals surface area contributed by atoms with Gasteiger partial charge in [-0.25, -0.2) is 14.2 Å². The van der Waals surface area contributed by atoms with E-state index in [-0.39, 0.29) is 46.9 Å². The minimum Gasteiger partial charge on any atom is -0.491 e. The van der Waals surface area contributed by atoms with Gasteiger partial charge in [0.2, 0.25) is 5.91 Å². The van der Waals surface area contributed by atoms with Crippen LogP contribution in [0.3, 0.4) is 0 Å². The van der Waals surface area contributed by atoms with Crippen LogP contribution in [-0.4, -0.2) is 67.1 Å². The number of benzene rings is 2. The van der Waals surface area contributed by atoms with Gasteiger partial charge in [-0.1, -0.05) is 23.7 Å². The van der Waals surface area contributed by atoms with E-state index in [9.17, 15) is 19.6 Å². The largest absolute Gasteiger partial charge is 0.491 e. The summed E-state index contributed by atoms with van der Waals surface area (Å²) in [6.07, 6.45) is 2.63. The van der Waals surface area contributed by atoms with Gasteiger partial charge in [0.05, 0.1) is 40.8 Å². The molecule has 0 bridgehead atoms. The first-order valence-electron chi connectivity index (χ1n) is 13.6. The molecular weight excluding hydrogens is 597 g/mol. The van der Waals surface area contributed by atoms with E-state index in [1.165, 1.54) is 17.7 Å². The van der Waals surface area contributed by atoms with Crippen molar-refractivity contribution < 1.29 is 23.5 Å². The Hall–Kier alpha value is -4.54. The molecule has 11 nitrogen and oxygen atoms in total. The monoisotopic (exact) mass is 619 g/mol. The summed E-state index contributed by atoms with van der Waals surface area (Å²) in [7, 11) is 0. The first-order chi connectivity index (χ1) is 20.7. The third kappa shape index (κ3) is 3.86. The number of nitrogens with zero attached hydrogens (tertiary/aromatic N) is 6. The molecule has 14 heteroatoms. The van der Waals surface area contributed by atoms with E-state index in [2.05, 4.69) is 16.2 Å². The Morgan fingerprint density at radius 1 is 1.33 bits per heavy atom. The molecule has 3 aliphatic heterocycles. The van der Waals surface area contributed by atoms with E-state index in [4.69, 9.17) is 22.1 Å². The van der Waals surface area contributed by atoms with Crippen molar-refractivity contribution in [1.29, 1.82) is 5.26 Å². The zero-order chi connectivity index (χ0) is 30.2. The number of ether oxygens (including phenoxy) is 1. The number of thiophene rings is 1. The van der Waals surface area contributed by atoms with Crippen LogP contribution in [0.2, 0.25) is 5.02 Å². The van der Waals surface area contributed by atoms with Gasteiger partial charge in [-0.2, -0.15) is 9.94 Å². The van der Waals surface area contributed by atoms with Gasteiger partial charge in [-0.15, -0.1) is 16.4 Å². The molecule has 2 saturated heterocycles. The predicted octanol–water partition coefficient (Wildman–Crippen LogP) is 4.74. The van der Waals surface area contributed by atoms with E-state index in [1.807, 2.05) is 0 Å². The molecule has 4 aromatic rings. The molecular formula is C29H23ClFN7O4S. The second-order valence-corrected chi connectivity index (χ2v) is 12.3.